The van der Waals surface area contributed by atoms with Gasteiger partial charge in [-0.25, -0.2) is 9.97 Å². The zero-order valence-electron chi connectivity index (χ0n) is 10.6. The molecule has 2 aromatic rings. The van der Waals surface area contributed by atoms with Crippen molar-refractivity contribution in [3.8, 4) is 0 Å². The van der Waals surface area contributed by atoms with Crippen molar-refractivity contribution in [3.05, 3.63) is 48.0 Å². The molecule has 0 fully saturated rings. The average Bonchev–Trinajstić information content (AvgIpc) is 2.44. The third-order valence-electron chi connectivity index (χ3n) is 2.33. The molecule has 0 bridgehead atoms. The highest BCUT2D eigenvalue weighted by Crippen LogP contribution is 2.20. The van der Waals surface area contributed by atoms with Crippen molar-refractivity contribution in [1.82, 2.24) is 9.97 Å². The number of nitrogens with two attached hydrogens (primary N) is 1. The van der Waals surface area contributed by atoms with Gasteiger partial charge in [0, 0.05) is 11.8 Å². The average molecular weight is 289 g/mol. The Morgan fingerprint density at radius 1 is 1.21 bits per heavy atom. The molecule has 0 amide bonds. The molecule has 0 aliphatic rings. The minimum Gasteiger partial charge on any atom is -0.384 e. The minimum absolute atomic E-state index is 0.522. The Morgan fingerprint density at radius 3 is 2.74 bits per heavy atom. The van der Waals surface area contributed by atoms with E-state index in [0.29, 0.717) is 5.82 Å². The Kier molecular flexibility index (Phi) is 5.30. The lowest BCUT2D eigenvalue weighted by Gasteiger charge is -2.01. The fourth-order valence-corrected chi connectivity index (χ4v) is 2.61. The van der Waals surface area contributed by atoms with E-state index in [0.717, 1.165) is 15.9 Å². The van der Waals surface area contributed by atoms with Crippen molar-refractivity contribution in [2.75, 3.05) is 17.7 Å². The molecule has 0 saturated carbocycles. The van der Waals surface area contributed by atoms with E-state index in [1.807, 2.05) is 24.5 Å². The van der Waals surface area contributed by atoms with Gasteiger partial charge in [-0.1, -0.05) is 54.2 Å². The van der Waals surface area contributed by atoms with Crippen LogP contribution < -0.4 is 5.73 Å². The fourth-order valence-electron chi connectivity index (χ4n) is 1.46. The molecule has 0 spiro atoms. The number of anilines is 1. The van der Waals surface area contributed by atoms with Crippen molar-refractivity contribution >= 4 is 35.4 Å². The summed E-state index contributed by atoms with van der Waals surface area (Å²) in [7, 11) is 0. The number of nitrogens with zero attached hydrogens (tertiary/aromatic N) is 2. The number of rotatable bonds is 5. The molecular weight excluding hydrogens is 274 g/mol. The van der Waals surface area contributed by atoms with Crippen LogP contribution in [0.1, 0.15) is 5.56 Å². The lowest BCUT2D eigenvalue weighted by atomic mass is 10.2. The number of thioether (sulfide) groups is 2. The maximum Gasteiger partial charge on any atom is 0.190 e. The van der Waals surface area contributed by atoms with E-state index in [4.69, 9.17) is 5.73 Å². The standard InChI is InChI=1S/C14H15N3S2/c1-18-13-10-12(15)16-14(17-13)19-9-5-8-11-6-3-2-4-7-11/h2-8,10H,9H2,1H3,(H2,15,16,17). The van der Waals surface area contributed by atoms with Gasteiger partial charge in [0.05, 0.1) is 0 Å². The fraction of sp³-hybridized carbons (Fsp3) is 0.143. The van der Waals surface area contributed by atoms with Gasteiger partial charge < -0.3 is 5.73 Å². The molecule has 98 valence electrons. The zero-order chi connectivity index (χ0) is 13.5. The highest BCUT2D eigenvalue weighted by Gasteiger charge is 2.01. The van der Waals surface area contributed by atoms with E-state index in [1.165, 1.54) is 5.56 Å². The third kappa shape index (κ3) is 4.61. The number of aromatic nitrogens is 2. The van der Waals surface area contributed by atoms with Crippen LogP contribution in [0.25, 0.3) is 6.08 Å². The first-order chi connectivity index (χ1) is 9.28. The second-order valence-electron chi connectivity index (χ2n) is 3.74. The molecule has 5 heteroatoms. The molecule has 19 heavy (non-hydrogen) atoms. The second kappa shape index (κ2) is 7.21. The molecule has 0 unspecified atom stereocenters. The highest BCUT2D eigenvalue weighted by molar-refractivity contribution is 7.99. The first-order valence-electron chi connectivity index (χ1n) is 5.81. The topological polar surface area (TPSA) is 51.8 Å². The SMILES string of the molecule is CSc1cc(N)nc(SCC=Cc2ccccc2)n1. The van der Waals surface area contributed by atoms with Gasteiger partial charge in [-0.2, -0.15) is 0 Å². The van der Waals surface area contributed by atoms with Crippen molar-refractivity contribution < 1.29 is 0 Å². The number of benzene rings is 1. The zero-order valence-corrected chi connectivity index (χ0v) is 12.2. The van der Waals surface area contributed by atoms with Crippen LogP contribution in [0.5, 0.6) is 0 Å². The van der Waals surface area contributed by atoms with E-state index in [9.17, 15) is 0 Å². The largest absolute Gasteiger partial charge is 0.384 e. The van der Waals surface area contributed by atoms with Crippen molar-refractivity contribution in [1.29, 1.82) is 0 Å². The van der Waals surface area contributed by atoms with E-state index >= 15 is 0 Å². The van der Waals surface area contributed by atoms with E-state index in [2.05, 4.69) is 34.3 Å². The summed E-state index contributed by atoms with van der Waals surface area (Å²) in [4.78, 5) is 8.61. The monoisotopic (exact) mass is 289 g/mol. The Hall–Kier alpha value is -1.46. The second-order valence-corrected chi connectivity index (χ2v) is 5.56. The number of nitrogen functional groups attached to an aromatic ring is 1. The van der Waals surface area contributed by atoms with E-state index in [1.54, 1.807) is 29.6 Å². The van der Waals surface area contributed by atoms with Gasteiger partial charge >= 0.3 is 0 Å². The first-order valence-corrected chi connectivity index (χ1v) is 8.02. The first kappa shape index (κ1) is 14.0. The van der Waals surface area contributed by atoms with Crippen LogP contribution in [-0.2, 0) is 0 Å². The van der Waals surface area contributed by atoms with Gasteiger partial charge in [-0.3, -0.25) is 0 Å². The van der Waals surface area contributed by atoms with Crippen LogP contribution in [0.3, 0.4) is 0 Å². The predicted octanol–water partition coefficient (Wildman–Crippen LogP) is 3.59. The van der Waals surface area contributed by atoms with Gasteiger partial charge in [0.2, 0.25) is 0 Å². The molecule has 0 atom stereocenters. The maximum absolute atomic E-state index is 5.73. The van der Waals surface area contributed by atoms with Crippen molar-refractivity contribution in [2.24, 2.45) is 0 Å². The summed E-state index contributed by atoms with van der Waals surface area (Å²) in [6, 6.07) is 12.0. The number of hydrogen-bond donors (Lipinski definition) is 1. The Labute approximate surface area is 121 Å². The minimum atomic E-state index is 0.522. The summed E-state index contributed by atoms with van der Waals surface area (Å²) < 4.78 is 0. The van der Waals surface area contributed by atoms with Gasteiger partial charge in [0.15, 0.2) is 5.16 Å². The lowest BCUT2D eigenvalue weighted by molar-refractivity contribution is 0.902. The third-order valence-corrected chi connectivity index (χ3v) is 3.76. The summed E-state index contributed by atoms with van der Waals surface area (Å²) in [5.74, 6) is 1.35. The van der Waals surface area contributed by atoms with Crippen LogP contribution in [0, 0.1) is 0 Å². The Balaban J connectivity index is 1.92. The molecule has 3 nitrogen and oxygen atoms in total. The molecule has 0 aliphatic heterocycles. The van der Waals surface area contributed by atoms with Gasteiger partial charge in [-0.05, 0) is 11.8 Å². The summed E-state index contributed by atoms with van der Waals surface area (Å²) in [5.41, 5.74) is 6.93. The summed E-state index contributed by atoms with van der Waals surface area (Å²) in [6.07, 6.45) is 6.17. The molecule has 0 aliphatic carbocycles. The quantitative estimate of drug-likeness (QED) is 0.518. The summed E-state index contributed by atoms with van der Waals surface area (Å²) >= 11 is 3.15. The molecule has 1 aromatic carbocycles. The van der Waals surface area contributed by atoms with Crippen molar-refractivity contribution in [2.45, 2.75) is 10.2 Å². The van der Waals surface area contributed by atoms with Gasteiger partial charge in [0.25, 0.3) is 0 Å². The Morgan fingerprint density at radius 2 is 2.00 bits per heavy atom. The van der Waals surface area contributed by atoms with Crippen LogP contribution in [0.4, 0.5) is 5.82 Å². The molecule has 0 radical (unpaired) electrons. The molecular formula is C14H15N3S2. The van der Waals surface area contributed by atoms with Crippen LogP contribution >= 0.6 is 23.5 Å². The summed E-state index contributed by atoms with van der Waals surface area (Å²) in [5, 5.41) is 1.63. The molecule has 1 heterocycles. The highest BCUT2D eigenvalue weighted by atomic mass is 32.2. The summed E-state index contributed by atoms with van der Waals surface area (Å²) in [6.45, 7) is 0. The smallest absolute Gasteiger partial charge is 0.190 e. The molecule has 1 aromatic heterocycles. The maximum atomic E-state index is 5.73. The Bertz CT molecular complexity index is 556. The number of hydrogen-bond acceptors (Lipinski definition) is 5. The van der Waals surface area contributed by atoms with Crippen LogP contribution in [0.15, 0.2) is 52.7 Å². The molecule has 2 N–H and O–H groups in total. The van der Waals surface area contributed by atoms with Crippen LogP contribution in [-0.4, -0.2) is 22.0 Å². The van der Waals surface area contributed by atoms with Crippen LogP contribution in [0.2, 0.25) is 0 Å². The van der Waals surface area contributed by atoms with E-state index < -0.39 is 0 Å². The van der Waals surface area contributed by atoms with Gasteiger partial charge in [-0.15, -0.1) is 11.8 Å². The van der Waals surface area contributed by atoms with E-state index in [-0.39, 0.29) is 0 Å². The normalized spacial score (nSPS) is 11.0. The lowest BCUT2D eigenvalue weighted by Crippen LogP contribution is -1.96. The molecule has 0 saturated heterocycles. The van der Waals surface area contributed by atoms with Crippen molar-refractivity contribution in [3.63, 3.8) is 0 Å². The predicted molar refractivity (Wildman–Crippen MR) is 84.4 cm³/mol. The molecule has 2 rings (SSSR count). The van der Waals surface area contributed by atoms with Gasteiger partial charge in [0.1, 0.15) is 10.8 Å².